The highest BCUT2D eigenvalue weighted by molar-refractivity contribution is 5.96. The van der Waals surface area contributed by atoms with E-state index in [0.29, 0.717) is 19.6 Å². The fourth-order valence-corrected chi connectivity index (χ4v) is 2.82. The fraction of sp³-hybridized carbons (Fsp3) is 0.160. The van der Waals surface area contributed by atoms with Gasteiger partial charge in [0.25, 0.3) is 0 Å². The molecule has 134 valence electrons. The highest BCUT2D eigenvalue weighted by Gasteiger charge is 2.15. The van der Waals surface area contributed by atoms with Crippen LogP contribution in [0, 0.1) is 11.8 Å². The molecule has 0 saturated heterocycles. The van der Waals surface area contributed by atoms with E-state index >= 15 is 0 Å². The molecule has 1 unspecified atom stereocenters. The summed E-state index contributed by atoms with van der Waals surface area (Å²) in [4.78, 5) is 12.6. The fourth-order valence-electron chi connectivity index (χ4n) is 2.82. The first-order valence-corrected chi connectivity index (χ1v) is 9.06. The summed E-state index contributed by atoms with van der Waals surface area (Å²) < 4.78 is 5.64. The normalized spacial score (nSPS) is 11.3. The van der Waals surface area contributed by atoms with Crippen molar-refractivity contribution in [2.75, 3.05) is 6.61 Å². The highest BCUT2D eigenvalue weighted by Crippen LogP contribution is 2.21. The van der Waals surface area contributed by atoms with Crippen LogP contribution in [0.2, 0.25) is 0 Å². The van der Waals surface area contributed by atoms with Crippen molar-refractivity contribution in [1.29, 1.82) is 0 Å². The minimum Gasteiger partial charge on any atom is -0.364 e. The van der Waals surface area contributed by atoms with Crippen LogP contribution >= 0.6 is 0 Å². The number of Topliss-reactive ketones (excluding diaryl/α,β-unsaturated/α-hetero) is 1. The molecule has 0 N–H and O–H groups in total. The van der Waals surface area contributed by atoms with Crippen LogP contribution in [0.3, 0.4) is 0 Å². The molecule has 0 heterocycles. The third-order valence-electron chi connectivity index (χ3n) is 4.25. The second-order valence-corrected chi connectivity index (χ2v) is 6.26. The van der Waals surface area contributed by atoms with E-state index in [2.05, 4.69) is 11.8 Å². The average Bonchev–Trinajstić information content (AvgIpc) is 2.74. The van der Waals surface area contributed by atoms with Crippen LogP contribution in [0.4, 0.5) is 0 Å². The molecule has 0 aliphatic carbocycles. The third-order valence-corrected chi connectivity index (χ3v) is 4.25. The zero-order valence-electron chi connectivity index (χ0n) is 15.2. The Kier molecular flexibility index (Phi) is 6.98. The van der Waals surface area contributed by atoms with Crippen LogP contribution in [0.1, 0.15) is 33.8 Å². The quantitative estimate of drug-likeness (QED) is 0.328. The topological polar surface area (TPSA) is 26.3 Å². The number of ketones is 1. The lowest BCUT2D eigenvalue weighted by Gasteiger charge is -2.10. The Balaban J connectivity index is 1.63. The summed E-state index contributed by atoms with van der Waals surface area (Å²) in [5, 5.41) is 0. The third kappa shape index (κ3) is 5.95. The van der Waals surface area contributed by atoms with Gasteiger partial charge in [-0.1, -0.05) is 103 Å². The van der Waals surface area contributed by atoms with E-state index in [1.807, 2.05) is 91.0 Å². The average molecular weight is 354 g/mol. The highest BCUT2D eigenvalue weighted by atomic mass is 16.5. The maximum absolute atomic E-state index is 12.6. The van der Waals surface area contributed by atoms with Crippen molar-refractivity contribution in [2.24, 2.45) is 0 Å². The summed E-state index contributed by atoms with van der Waals surface area (Å²) in [5.41, 5.74) is 2.90. The predicted octanol–water partition coefficient (Wildman–Crippen LogP) is 5.26. The molecular weight excluding hydrogens is 332 g/mol. The number of carbonyl (C=O) groups is 1. The molecule has 0 fully saturated rings. The first kappa shape index (κ1) is 18.6. The minimum atomic E-state index is -0.140. The van der Waals surface area contributed by atoms with Gasteiger partial charge in [0, 0.05) is 12.0 Å². The molecule has 2 nitrogen and oxygen atoms in total. The van der Waals surface area contributed by atoms with Gasteiger partial charge < -0.3 is 4.74 Å². The summed E-state index contributed by atoms with van der Waals surface area (Å²) in [5.74, 6) is 6.28. The number of benzene rings is 3. The maximum Gasteiger partial charge on any atom is 0.164 e. The van der Waals surface area contributed by atoms with Crippen LogP contribution in [0.25, 0.3) is 0 Å². The number of ether oxygens (including phenoxy) is 1. The second kappa shape index (κ2) is 10.1. The van der Waals surface area contributed by atoms with Crippen molar-refractivity contribution in [2.45, 2.75) is 18.9 Å². The van der Waals surface area contributed by atoms with Crippen LogP contribution in [0.15, 0.2) is 91.0 Å². The van der Waals surface area contributed by atoms with Crippen LogP contribution < -0.4 is 0 Å². The Labute approximate surface area is 160 Å². The van der Waals surface area contributed by atoms with E-state index in [0.717, 1.165) is 16.7 Å². The summed E-state index contributed by atoms with van der Waals surface area (Å²) in [6, 6.07) is 29.3. The van der Waals surface area contributed by atoms with Gasteiger partial charge in [0.1, 0.15) is 6.61 Å². The van der Waals surface area contributed by atoms with E-state index in [4.69, 9.17) is 4.74 Å². The second-order valence-electron chi connectivity index (χ2n) is 6.26. The molecule has 0 bridgehead atoms. The summed E-state index contributed by atoms with van der Waals surface area (Å²) in [7, 11) is 0. The Morgan fingerprint density at radius 1 is 0.815 bits per heavy atom. The molecule has 27 heavy (non-hydrogen) atoms. The molecule has 0 aliphatic heterocycles. The molecule has 1 atom stereocenters. The van der Waals surface area contributed by atoms with Gasteiger partial charge in [-0.05, 0) is 11.1 Å². The van der Waals surface area contributed by atoms with Crippen molar-refractivity contribution in [3.63, 3.8) is 0 Å². The zero-order chi connectivity index (χ0) is 18.7. The standard InChI is InChI=1S/C25H22O2/c26-25(23-15-8-3-9-16-23)19-24(22-13-6-2-7-14-22)17-10-18-27-20-21-11-4-1-5-12-21/h1-9,11-16,24H,18-20H2. The monoisotopic (exact) mass is 354 g/mol. The lowest BCUT2D eigenvalue weighted by Crippen LogP contribution is -2.06. The van der Waals surface area contributed by atoms with Gasteiger partial charge in [0.05, 0.1) is 12.5 Å². The number of hydrogen-bond donors (Lipinski definition) is 0. The Bertz CT molecular complexity index is 891. The molecule has 0 radical (unpaired) electrons. The summed E-state index contributed by atoms with van der Waals surface area (Å²) in [6.45, 7) is 0.881. The summed E-state index contributed by atoms with van der Waals surface area (Å²) in [6.07, 6.45) is 0.361. The van der Waals surface area contributed by atoms with Gasteiger partial charge in [-0.2, -0.15) is 0 Å². The lowest BCUT2D eigenvalue weighted by atomic mass is 9.92. The van der Waals surface area contributed by atoms with Crippen LogP contribution in [-0.4, -0.2) is 12.4 Å². The molecule has 0 spiro atoms. The van der Waals surface area contributed by atoms with Crippen molar-refractivity contribution in [1.82, 2.24) is 0 Å². The predicted molar refractivity (Wildman–Crippen MR) is 108 cm³/mol. The van der Waals surface area contributed by atoms with E-state index in [1.165, 1.54) is 0 Å². The van der Waals surface area contributed by atoms with Gasteiger partial charge in [-0.3, -0.25) is 4.79 Å². The molecule has 0 saturated carbocycles. The van der Waals surface area contributed by atoms with Crippen molar-refractivity contribution >= 4 is 5.78 Å². The smallest absolute Gasteiger partial charge is 0.164 e. The molecule has 0 aliphatic rings. The molecule has 0 amide bonds. The van der Waals surface area contributed by atoms with Gasteiger partial charge >= 0.3 is 0 Å². The van der Waals surface area contributed by atoms with Crippen molar-refractivity contribution in [3.05, 3.63) is 108 Å². The van der Waals surface area contributed by atoms with E-state index in [1.54, 1.807) is 0 Å². The number of hydrogen-bond acceptors (Lipinski definition) is 2. The van der Waals surface area contributed by atoms with Crippen LogP contribution in [-0.2, 0) is 11.3 Å². The van der Waals surface area contributed by atoms with E-state index < -0.39 is 0 Å². The van der Waals surface area contributed by atoms with Crippen molar-refractivity contribution < 1.29 is 9.53 Å². The Morgan fingerprint density at radius 3 is 2.07 bits per heavy atom. The minimum absolute atomic E-state index is 0.101. The van der Waals surface area contributed by atoms with Crippen LogP contribution in [0.5, 0.6) is 0 Å². The first-order valence-electron chi connectivity index (χ1n) is 9.06. The van der Waals surface area contributed by atoms with Gasteiger partial charge in [0.15, 0.2) is 5.78 Å². The summed E-state index contributed by atoms with van der Waals surface area (Å²) >= 11 is 0. The Morgan fingerprint density at radius 2 is 1.41 bits per heavy atom. The molecular formula is C25H22O2. The zero-order valence-corrected chi connectivity index (χ0v) is 15.2. The lowest BCUT2D eigenvalue weighted by molar-refractivity contribution is 0.0979. The largest absolute Gasteiger partial charge is 0.364 e. The van der Waals surface area contributed by atoms with Gasteiger partial charge in [-0.15, -0.1) is 0 Å². The maximum atomic E-state index is 12.6. The van der Waals surface area contributed by atoms with E-state index in [9.17, 15) is 4.79 Å². The Hall–Kier alpha value is -3.15. The molecule has 3 rings (SSSR count). The molecule has 0 aromatic heterocycles. The van der Waals surface area contributed by atoms with Gasteiger partial charge in [0.2, 0.25) is 0 Å². The number of carbonyl (C=O) groups excluding carboxylic acids is 1. The van der Waals surface area contributed by atoms with E-state index in [-0.39, 0.29) is 11.7 Å². The molecule has 2 heteroatoms. The van der Waals surface area contributed by atoms with Crippen molar-refractivity contribution in [3.8, 4) is 11.8 Å². The first-order chi connectivity index (χ1) is 13.3. The van der Waals surface area contributed by atoms with Gasteiger partial charge in [-0.25, -0.2) is 0 Å². The molecule has 3 aromatic rings. The number of rotatable bonds is 7. The SMILES string of the molecule is O=C(CC(C#CCOCc1ccccc1)c1ccccc1)c1ccccc1. The molecule has 3 aromatic carbocycles.